The number of hydrogen-bond donors (Lipinski definition) is 1. The SMILES string of the molecule is COc1ccccc1-c1nc2n(n1)C(c1ccc(C#N)cc1)C1=C(CCCC1=O)N2. The number of Topliss-reactive ketones (excluding diaryl/α,β-unsaturated/α-hetero) is 1. The van der Waals surface area contributed by atoms with Gasteiger partial charge < -0.3 is 10.1 Å². The van der Waals surface area contributed by atoms with Crippen molar-refractivity contribution < 1.29 is 9.53 Å². The van der Waals surface area contributed by atoms with E-state index in [2.05, 4.69) is 11.4 Å². The van der Waals surface area contributed by atoms with Crippen molar-refractivity contribution in [2.45, 2.75) is 25.3 Å². The summed E-state index contributed by atoms with van der Waals surface area (Å²) in [7, 11) is 1.62. The van der Waals surface area contributed by atoms with Crippen molar-refractivity contribution in [3.8, 4) is 23.2 Å². The second kappa shape index (κ2) is 7.16. The van der Waals surface area contributed by atoms with Gasteiger partial charge in [-0.25, -0.2) is 4.68 Å². The number of rotatable bonds is 3. The molecule has 1 aromatic heterocycles. The molecule has 5 rings (SSSR count). The fourth-order valence-corrected chi connectivity index (χ4v) is 4.15. The Labute approximate surface area is 173 Å². The van der Waals surface area contributed by atoms with Gasteiger partial charge in [-0.15, -0.1) is 5.10 Å². The number of anilines is 1. The van der Waals surface area contributed by atoms with Crippen LogP contribution in [-0.4, -0.2) is 27.7 Å². The molecule has 7 nitrogen and oxygen atoms in total. The lowest BCUT2D eigenvalue weighted by Crippen LogP contribution is -2.31. The van der Waals surface area contributed by atoms with Gasteiger partial charge in [-0.3, -0.25) is 4.79 Å². The number of fused-ring (bicyclic) bond motifs is 1. The monoisotopic (exact) mass is 397 g/mol. The van der Waals surface area contributed by atoms with Crippen LogP contribution in [0.2, 0.25) is 0 Å². The summed E-state index contributed by atoms with van der Waals surface area (Å²) in [5.74, 6) is 1.93. The standard InChI is InChI=1S/C23H19N5O2/c1-30-19-8-3-2-5-16(19)22-26-23-25-17-6-4-7-18(29)20(17)21(28(23)27-22)15-11-9-14(13-24)10-12-15/h2-3,5,8-12,21H,4,6-7H2,1H3,(H,25,26,27). The number of nitriles is 1. The van der Waals surface area contributed by atoms with Crippen LogP contribution >= 0.6 is 0 Å². The largest absolute Gasteiger partial charge is 0.496 e. The molecule has 2 heterocycles. The number of ketones is 1. The Morgan fingerprint density at radius 3 is 2.73 bits per heavy atom. The van der Waals surface area contributed by atoms with Crippen LogP contribution in [0.3, 0.4) is 0 Å². The molecule has 1 aliphatic heterocycles. The van der Waals surface area contributed by atoms with E-state index in [0.29, 0.717) is 29.5 Å². The molecular weight excluding hydrogens is 378 g/mol. The zero-order valence-corrected chi connectivity index (χ0v) is 16.4. The Hall–Kier alpha value is -3.92. The van der Waals surface area contributed by atoms with E-state index in [4.69, 9.17) is 20.1 Å². The van der Waals surface area contributed by atoms with E-state index in [1.807, 2.05) is 36.4 Å². The molecular formula is C23H19N5O2. The lowest BCUT2D eigenvalue weighted by molar-refractivity contribution is -0.116. The van der Waals surface area contributed by atoms with Crippen molar-refractivity contribution >= 4 is 11.7 Å². The van der Waals surface area contributed by atoms with E-state index in [1.165, 1.54) is 0 Å². The molecule has 2 aliphatic rings. The van der Waals surface area contributed by atoms with Gasteiger partial charge in [-0.2, -0.15) is 10.2 Å². The van der Waals surface area contributed by atoms with Crippen molar-refractivity contribution in [2.24, 2.45) is 0 Å². The van der Waals surface area contributed by atoms with E-state index in [0.717, 1.165) is 35.2 Å². The van der Waals surface area contributed by atoms with Gasteiger partial charge in [0, 0.05) is 17.7 Å². The number of ether oxygens (including phenoxy) is 1. The average Bonchev–Trinajstić information content (AvgIpc) is 3.21. The molecule has 0 fully saturated rings. The van der Waals surface area contributed by atoms with Crippen LogP contribution in [0.25, 0.3) is 11.4 Å². The molecule has 0 saturated heterocycles. The molecule has 7 heteroatoms. The molecule has 0 radical (unpaired) electrons. The maximum absolute atomic E-state index is 12.9. The van der Waals surface area contributed by atoms with Gasteiger partial charge >= 0.3 is 0 Å². The third kappa shape index (κ3) is 2.85. The Balaban J connectivity index is 1.68. The lowest BCUT2D eigenvalue weighted by Gasteiger charge is -2.32. The van der Waals surface area contributed by atoms with Crippen LogP contribution in [0.5, 0.6) is 5.75 Å². The second-order valence-corrected chi connectivity index (χ2v) is 7.33. The molecule has 1 unspecified atom stereocenters. The van der Waals surface area contributed by atoms with Crippen LogP contribution in [0.1, 0.15) is 36.4 Å². The third-order valence-electron chi connectivity index (χ3n) is 5.57. The molecule has 2 aromatic carbocycles. The van der Waals surface area contributed by atoms with Crippen LogP contribution in [0.15, 0.2) is 59.8 Å². The normalized spacial score (nSPS) is 17.6. The summed E-state index contributed by atoms with van der Waals surface area (Å²) in [5, 5.41) is 17.2. The first kappa shape index (κ1) is 18.1. The highest BCUT2D eigenvalue weighted by Gasteiger charge is 2.37. The average molecular weight is 397 g/mol. The van der Waals surface area contributed by atoms with Crippen molar-refractivity contribution in [1.82, 2.24) is 14.8 Å². The van der Waals surface area contributed by atoms with Crippen molar-refractivity contribution in [1.29, 1.82) is 5.26 Å². The number of hydrogen-bond acceptors (Lipinski definition) is 6. The smallest absolute Gasteiger partial charge is 0.226 e. The topological polar surface area (TPSA) is 92.8 Å². The number of benzene rings is 2. The Morgan fingerprint density at radius 2 is 1.97 bits per heavy atom. The molecule has 0 amide bonds. The first-order valence-corrected chi connectivity index (χ1v) is 9.83. The number of methoxy groups -OCH3 is 1. The van der Waals surface area contributed by atoms with Gasteiger partial charge in [-0.05, 0) is 42.7 Å². The van der Waals surface area contributed by atoms with Crippen molar-refractivity contribution in [3.05, 3.63) is 70.9 Å². The first-order chi connectivity index (χ1) is 14.7. The zero-order valence-electron chi connectivity index (χ0n) is 16.4. The van der Waals surface area contributed by atoms with E-state index in [9.17, 15) is 4.79 Å². The fourth-order valence-electron chi connectivity index (χ4n) is 4.15. The Bertz CT molecular complexity index is 1220. The molecule has 0 spiro atoms. The van der Waals surface area contributed by atoms with E-state index in [1.54, 1.807) is 23.9 Å². The zero-order chi connectivity index (χ0) is 20.7. The van der Waals surface area contributed by atoms with Crippen LogP contribution in [0, 0.1) is 11.3 Å². The summed E-state index contributed by atoms with van der Waals surface area (Å²) >= 11 is 0. The van der Waals surface area contributed by atoms with Gasteiger partial charge in [0.25, 0.3) is 0 Å². The minimum absolute atomic E-state index is 0.123. The molecule has 3 aromatic rings. The maximum Gasteiger partial charge on any atom is 0.226 e. The summed E-state index contributed by atoms with van der Waals surface area (Å²) in [6.45, 7) is 0. The van der Waals surface area contributed by atoms with Gasteiger partial charge in [0.1, 0.15) is 11.8 Å². The first-order valence-electron chi connectivity index (χ1n) is 9.83. The number of allylic oxidation sites excluding steroid dienone is 2. The van der Waals surface area contributed by atoms with Gasteiger partial charge in [-0.1, -0.05) is 24.3 Å². The summed E-state index contributed by atoms with van der Waals surface area (Å²) in [5.41, 5.74) is 3.90. The highest BCUT2D eigenvalue weighted by atomic mass is 16.5. The molecule has 0 saturated carbocycles. The number of carbonyl (C=O) groups is 1. The van der Waals surface area contributed by atoms with Gasteiger partial charge in [0.05, 0.1) is 24.3 Å². The summed E-state index contributed by atoms with van der Waals surface area (Å²) in [4.78, 5) is 17.6. The third-order valence-corrected chi connectivity index (χ3v) is 5.57. The van der Waals surface area contributed by atoms with Crippen LogP contribution in [-0.2, 0) is 4.79 Å². The van der Waals surface area contributed by atoms with Crippen LogP contribution in [0.4, 0.5) is 5.95 Å². The van der Waals surface area contributed by atoms with E-state index < -0.39 is 0 Å². The minimum Gasteiger partial charge on any atom is -0.496 e. The quantitative estimate of drug-likeness (QED) is 0.722. The van der Waals surface area contributed by atoms with Crippen LogP contribution < -0.4 is 10.1 Å². The lowest BCUT2D eigenvalue weighted by atomic mass is 9.85. The number of aromatic nitrogens is 3. The predicted molar refractivity (Wildman–Crippen MR) is 111 cm³/mol. The highest BCUT2D eigenvalue weighted by Crippen LogP contribution is 2.41. The minimum atomic E-state index is -0.382. The number of para-hydroxylation sites is 1. The fraction of sp³-hybridized carbons (Fsp3) is 0.217. The van der Waals surface area contributed by atoms with Gasteiger partial charge in [0.15, 0.2) is 11.6 Å². The van der Waals surface area contributed by atoms with Crippen molar-refractivity contribution in [2.75, 3.05) is 12.4 Å². The molecule has 1 atom stereocenters. The molecule has 1 N–H and O–H groups in total. The summed E-state index contributed by atoms with van der Waals surface area (Å²) < 4.78 is 7.24. The second-order valence-electron chi connectivity index (χ2n) is 7.33. The highest BCUT2D eigenvalue weighted by molar-refractivity contribution is 5.99. The van der Waals surface area contributed by atoms with E-state index in [-0.39, 0.29) is 11.8 Å². The molecule has 148 valence electrons. The Kier molecular flexibility index (Phi) is 4.32. The number of nitrogens with zero attached hydrogens (tertiary/aromatic N) is 4. The molecule has 30 heavy (non-hydrogen) atoms. The summed E-state index contributed by atoms with van der Waals surface area (Å²) in [6.07, 6.45) is 2.14. The summed E-state index contributed by atoms with van der Waals surface area (Å²) in [6, 6.07) is 16.7. The maximum atomic E-state index is 12.9. The Morgan fingerprint density at radius 1 is 1.17 bits per heavy atom. The number of nitrogens with one attached hydrogen (secondary N) is 1. The van der Waals surface area contributed by atoms with Gasteiger partial charge in [0.2, 0.25) is 5.95 Å². The van der Waals surface area contributed by atoms with E-state index >= 15 is 0 Å². The molecule has 1 aliphatic carbocycles. The predicted octanol–water partition coefficient (Wildman–Crippen LogP) is 3.85. The molecule has 0 bridgehead atoms. The number of carbonyl (C=O) groups excluding carboxylic acids is 1. The van der Waals surface area contributed by atoms with Crippen molar-refractivity contribution in [3.63, 3.8) is 0 Å².